The molecule has 0 aliphatic carbocycles. The van der Waals surface area contributed by atoms with E-state index in [0.717, 1.165) is 11.1 Å². The van der Waals surface area contributed by atoms with Crippen molar-refractivity contribution < 1.29 is 9.13 Å². The van der Waals surface area contributed by atoms with E-state index in [2.05, 4.69) is 0 Å². The number of benzene rings is 2. The molecule has 1 nitrogen and oxygen atoms in total. The molecule has 2 aromatic rings. The number of hydrogen-bond donors (Lipinski definition) is 0. The molecule has 0 saturated heterocycles. The van der Waals surface area contributed by atoms with E-state index in [1.54, 1.807) is 6.07 Å². The first-order chi connectivity index (χ1) is 9.10. The fourth-order valence-corrected chi connectivity index (χ4v) is 2.22. The Morgan fingerprint density at radius 3 is 2.58 bits per heavy atom. The molecule has 19 heavy (non-hydrogen) atoms. The van der Waals surface area contributed by atoms with E-state index < -0.39 is 0 Å². The van der Waals surface area contributed by atoms with Gasteiger partial charge in [-0.2, -0.15) is 0 Å². The Morgan fingerprint density at radius 2 is 1.89 bits per heavy atom. The lowest BCUT2D eigenvalue weighted by Crippen LogP contribution is -1.99. The zero-order valence-corrected chi connectivity index (χ0v) is 11.9. The van der Waals surface area contributed by atoms with Gasteiger partial charge in [-0.1, -0.05) is 23.7 Å². The first kappa shape index (κ1) is 14.2. The number of rotatable bonds is 4. The number of halogens is 3. The van der Waals surface area contributed by atoms with E-state index in [1.165, 1.54) is 12.1 Å². The Labute approximate surface area is 121 Å². The summed E-state index contributed by atoms with van der Waals surface area (Å²) >= 11 is 11.9. The largest absolute Gasteiger partial charge is 0.489 e. The SMILES string of the molecule is Cc1ccc(COc2ccc(F)cc2CCl)c(Cl)c1. The first-order valence-electron chi connectivity index (χ1n) is 5.82. The van der Waals surface area contributed by atoms with Crippen LogP contribution in [0.15, 0.2) is 36.4 Å². The van der Waals surface area contributed by atoms with Crippen molar-refractivity contribution in [2.75, 3.05) is 0 Å². The van der Waals surface area contributed by atoms with Gasteiger partial charge in [-0.05, 0) is 36.8 Å². The second-order valence-electron chi connectivity index (χ2n) is 4.27. The van der Waals surface area contributed by atoms with Crippen molar-refractivity contribution >= 4 is 23.2 Å². The third-order valence-corrected chi connectivity index (χ3v) is 3.40. The summed E-state index contributed by atoms with van der Waals surface area (Å²) < 4.78 is 18.7. The van der Waals surface area contributed by atoms with Gasteiger partial charge in [0.25, 0.3) is 0 Å². The van der Waals surface area contributed by atoms with Gasteiger partial charge in [0.2, 0.25) is 0 Å². The molecule has 0 spiro atoms. The Hall–Kier alpha value is -1.25. The Bertz CT molecular complexity index is 584. The maximum Gasteiger partial charge on any atom is 0.124 e. The lowest BCUT2D eigenvalue weighted by molar-refractivity contribution is 0.303. The van der Waals surface area contributed by atoms with Crippen LogP contribution in [-0.4, -0.2) is 0 Å². The highest BCUT2D eigenvalue weighted by Crippen LogP contribution is 2.24. The molecule has 0 fully saturated rings. The molecular weight excluding hydrogens is 286 g/mol. The lowest BCUT2D eigenvalue weighted by Gasteiger charge is -2.11. The fraction of sp³-hybridized carbons (Fsp3) is 0.200. The number of hydrogen-bond acceptors (Lipinski definition) is 1. The normalized spacial score (nSPS) is 10.5. The average Bonchev–Trinajstić information content (AvgIpc) is 2.39. The smallest absolute Gasteiger partial charge is 0.124 e. The van der Waals surface area contributed by atoms with Gasteiger partial charge in [-0.15, -0.1) is 11.6 Å². The van der Waals surface area contributed by atoms with Gasteiger partial charge in [0, 0.05) is 16.1 Å². The summed E-state index contributed by atoms with van der Waals surface area (Å²) in [6.07, 6.45) is 0. The van der Waals surface area contributed by atoms with Crippen molar-refractivity contribution in [1.29, 1.82) is 0 Å². The van der Waals surface area contributed by atoms with E-state index in [0.29, 0.717) is 22.9 Å². The maximum atomic E-state index is 13.1. The predicted molar refractivity (Wildman–Crippen MR) is 76.5 cm³/mol. The van der Waals surface area contributed by atoms with Crippen molar-refractivity contribution in [2.45, 2.75) is 19.4 Å². The van der Waals surface area contributed by atoms with Gasteiger partial charge < -0.3 is 4.74 Å². The standard InChI is InChI=1S/C15H13Cl2FO/c1-10-2-3-11(14(17)6-10)9-19-15-5-4-13(18)7-12(15)8-16/h2-7H,8-9H2,1H3. The lowest BCUT2D eigenvalue weighted by atomic mass is 10.1. The van der Waals surface area contributed by atoms with E-state index in [4.69, 9.17) is 27.9 Å². The predicted octanol–water partition coefficient (Wildman–Crippen LogP) is 5.11. The second-order valence-corrected chi connectivity index (χ2v) is 4.94. The third-order valence-electron chi connectivity index (χ3n) is 2.76. The highest BCUT2D eigenvalue weighted by atomic mass is 35.5. The summed E-state index contributed by atoms with van der Waals surface area (Å²) in [7, 11) is 0. The first-order valence-corrected chi connectivity index (χ1v) is 6.73. The van der Waals surface area contributed by atoms with Crippen molar-refractivity contribution in [3.63, 3.8) is 0 Å². The summed E-state index contributed by atoms with van der Waals surface area (Å²) in [5.41, 5.74) is 2.61. The molecule has 100 valence electrons. The molecule has 0 aliphatic heterocycles. The van der Waals surface area contributed by atoms with E-state index >= 15 is 0 Å². The van der Waals surface area contributed by atoms with Crippen LogP contribution in [0.5, 0.6) is 5.75 Å². The Balaban J connectivity index is 2.14. The van der Waals surface area contributed by atoms with Gasteiger partial charge in [0.05, 0.1) is 5.88 Å². The molecule has 0 atom stereocenters. The van der Waals surface area contributed by atoms with Crippen LogP contribution in [0.4, 0.5) is 4.39 Å². The minimum Gasteiger partial charge on any atom is -0.489 e. The third kappa shape index (κ3) is 3.62. The zero-order chi connectivity index (χ0) is 13.8. The summed E-state index contributed by atoms with van der Waals surface area (Å²) in [5.74, 6) is 0.457. The minimum absolute atomic E-state index is 0.203. The van der Waals surface area contributed by atoms with Gasteiger partial charge in [-0.3, -0.25) is 0 Å². The quantitative estimate of drug-likeness (QED) is 0.713. The summed E-state index contributed by atoms with van der Waals surface area (Å²) in [6.45, 7) is 2.30. The topological polar surface area (TPSA) is 9.23 Å². The van der Waals surface area contributed by atoms with Gasteiger partial charge in [0.1, 0.15) is 18.2 Å². The molecule has 0 radical (unpaired) electrons. The van der Waals surface area contributed by atoms with Crippen LogP contribution >= 0.6 is 23.2 Å². The molecule has 2 rings (SSSR count). The molecular formula is C15H13Cl2FO. The molecule has 0 unspecified atom stereocenters. The van der Waals surface area contributed by atoms with Crippen molar-refractivity contribution in [1.82, 2.24) is 0 Å². The Morgan fingerprint density at radius 1 is 1.11 bits per heavy atom. The fourth-order valence-electron chi connectivity index (χ4n) is 1.72. The van der Waals surface area contributed by atoms with Crippen LogP contribution in [-0.2, 0) is 12.5 Å². The zero-order valence-electron chi connectivity index (χ0n) is 10.4. The van der Waals surface area contributed by atoms with E-state index in [-0.39, 0.29) is 11.7 Å². The summed E-state index contributed by atoms with van der Waals surface area (Å²) in [4.78, 5) is 0. The molecule has 0 bridgehead atoms. The minimum atomic E-state index is -0.323. The van der Waals surface area contributed by atoms with Gasteiger partial charge >= 0.3 is 0 Å². The van der Waals surface area contributed by atoms with E-state index in [9.17, 15) is 4.39 Å². The number of aryl methyl sites for hydroxylation is 1. The molecule has 0 amide bonds. The molecule has 0 heterocycles. The molecule has 0 aliphatic rings. The molecule has 4 heteroatoms. The van der Waals surface area contributed by atoms with Crippen LogP contribution < -0.4 is 4.74 Å². The second kappa shape index (κ2) is 6.27. The number of alkyl halides is 1. The monoisotopic (exact) mass is 298 g/mol. The molecule has 0 N–H and O–H groups in total. The molecule has 0 saturated carbocycles. The van der Waals surface area contributed by atoms with Crippen LogP contribution in [0.2, 0.25) is 5.02 Å². The van der Waals surface area contributed by atoms with Crippen molar-refractivity contribution in [3.8, 4) is 5.75 Å². The van der Waals surface area contributed by atoms with Gasteiger partial charge in [-0.25, -0.2) is 4.39 Å². The van der Waals surface area contributed by atoms with Crippen molar-refractivity contribution in [2.24, 2.45) is 0 Å². The average molecular weight is 299 g/mol. The summed E-state index contributed by atoms with van der Waals surface area (Å²) in [5, 5.41) is 0.662. The maximum absolute atomic E-state index is 13.1. The van der Waals surface area contributed by atoms with Crippen LogP contribution in [0.25, 0.3) is 0 Å². The van der Waals surface area contributed by atoms with Crippen LogP contribution in [0, 0.1) is 12.7 Å². The number of ether oxygens (including phenoxy) is 1. The molecule has 0 aromatic heterocycles. The van der Waals surface area contributed by atoms with Crippen LogP contribution in [0.3, 0.4) is 0 Å². The van der Waals surface area contributed by atoms with E-state index in [1.807, 2.05) is 25.1 Å². The van der Waals surface area contributed by atoms with Crippen LogP contribution in [0.1, 0.15) is 16.7 Å². The summed E-state index contributed by atoms with van der Waals surface area (Å²) in [6, 6.07) is 10.1. The molecule has 2 aromatic carbocycles. The van der Waals surface area contributed by atoms with Gasteiger partial charge in [0.15, 0.2) is 0 Å². The van der Waals surface area contributed by atoms with Crippen molar-refractivity contribution in [3.05, 3.63) is 63.9 Å². The highest BCUT2D eigenvalue weighted by Gasteiger charge is 2.06. The highest BCUT2D eigenvalue weighted by molar-refractivity contribution is 6.31. The Kier molecular flexibility index (Phi) is 4.67.